The third kappa shape index (κ3) is 3.06. The molecule has 0 saturated heterocycles. The van der Waals surface area contributed by atoms with Gasteiger partial charge in [0.05, 0.1) is 7.11 Å². The van der Waals surface area contributed by atoms with Crippen LogP contribution < -0.4 is 4.74 Å². The van der Waals surface area contributed by atoms with Crippen LogP contribution in [0.1, 0.15) is 30.4 Å². The number of benzene rings is 2. The van der Waals surface area contributed by atoms with Crippen molar-refractivity contribution in [3.05, 3.63) is 70.2 Å². The van der Waals surface area contributed by atoms with Gasteiger partial charge in [-0.3, -0.25) is 0 Å². The maximum absolute atomic E-state index is 5.35. The van der Waals surface area contributed by atoms with Crippen LogP contribution in [0.15, 0.2) is 59.1 Å². The molecular weight excluding hydrogens is 324 g/mol. The highest BCUT2D eigenvalue weighted by Gasteiger charge is 2.49. The molecular formula is C19H19BrO. The third-order valence-corrected chi connectivity index (χ3v) is 5.04. The molecule has 1 aliphatic carbocycles. The summed E-state index contributed by atoms with van der Waals surface area (Å²) in [6.45, 7) is 2.32. The van der Waals surface area contributed by atoms with Gasteiger partial charge in [-0.25, -0.2) is 0 Å². The van der Waals surface area contributed by atoms with E-state index in [2.05, 4.69) is 71.4 Å². The maximum Gasteiger partial charge on any atom is 0.119 e. The lowest BCUT2D eigenvalue weighted by Crippen LogP contribution is -1.94. The summed E-state index contributed by atoms with van der Waals surface area (Å²) < 4.78 is 6.52. The van der Waals surface area contributed by atoms with Gasteiger partial charge in [0.25, 0.3) is 0 Å². The van der Waals surface area contributed by atoms with Gasteiger partial charge in [-0.05, 0) is 47.1 Å². The molecule has 2 heteroatoms. The van der Waals surface area contributed by atoms with Crippen molar-refractivity contribution < 1.29 is 4.74 Å². The van der Waals surface area contributed by atoms with Gasteiger partial charge in [0.1, 0.15) is 5.75 Å². The monoisotopic (exact) mass is 342 g/mol. The first kappa shape index (κ1) is 14.4. The van der Waals surface area contributed by atoms with E-state index in [1.165, 1.54) is 22.0 Å². The number of methoxy groups -OCH3 is 1. The van der Waals surface area contributed by atoms with Gasteiger partial charge in [-0.1, -0.05) is 65.3 Å². The number of rotatable bonds is 4. The molecule has 1 fully saturated rings. The highest BCUT2D eigenvalue weighted by Crippen LogP contribution is 2.61. The minimum Gasteiger partial charge on any atom is -0.497 e. The molecule has 1 nitrogen and oxygen atoms in total. The topological polar surface area (TPSA) is 9.23 Å². The minimum atomic E-state index is 0.241. The van der Waals surface area contributed by atoms with Crippen LogP contribution in [0.2, 0.25) is 0 Å². The van der Waals surface area contributed by atoms with Crippen LogP contribution in [-0.2, 0) is 0 Å². The van der Waals surface area contributed by atoms with E-state index in [1.54, 1.807) is 7.11 Å². The summed E-state index contributed by atoms with van der Waals surface area (Å²) in [4.78, 5) is 0. The molecule has 1 saturated carbocycles. The lowest BCUT2D eigenvalue weighted by Gasteiger charge is -2.10. The van der Waals surface area contributed by atoms with Gasteiger partial charge < -0.3 is 4.74 Å². The van der Waals surface area contributed by atoms with Crippen molar-refractivity contribution in [1.29, 1.82) is 0 Å². The lowest BCUT2D eigenvalue weighted by atomic mass is 9.99. The molecule has 0 heterocycles. The second-order valence-corrected chi connectivity index (χ2v) is 6.75. The number of hydrogen-bond acceptors (Lipinski definition) is 1. The van der Waals surface area contributed by atoms with Crippen molar-refractivity contribution >= 4 is 22.0 Å². The molecule has 108 valence electrons. The largest absolute Gasteiger partial charge is 0.497 e. The second-order valence-electron chi connectivity index (χ2n) is 5.89. The van der Waals surface area contributed by atoms with Crippen LogP contribution in [0.5, 0.6) is 5.75 Å². The van der Waals surface area contributed by atoms with Crippen LogP contribution in [0.3, 0.4) is 0 Å². The fourth-order valence-corrected chi connectivity index (χ4v) is 3.32. The van der Waals surface area contributed by atoms with E-state index < -0.39 is 0 Å². The molecule has 3 rings (SSSR count). The van der Waals surface area contributed by atoms with Crippen molar-refractivity contribution in [1.82, 2.24) is 0 Å². The fraction of sp³-hybridized carbons (Fsp3) is 0.263. The zero-order valence-electron chi connectivity index (χ0n) is 12.3. The van der Waals surface area contributed by atoms with E-state index in [4.69, 9.17) is 4.74 Å². The highest BCUT2D eigenvalue weighted by molar-refractivity contribution is 9.10. The summed E-state index contributed by atoms with van der Waals surface area (Å²) in [5, 5.41) is 0. The Bertz CT molecular complexity index is 663. The van der Waals surface area contributed by atoms with Crippen LogP contribution in [0.25, 0.3) is 6.08 Å². The summed E-state index contributed by atoms with van der Waals surface area (Å²) in [5.41, 5.74) is 2.84. The Morgan fingerprint density at radius 3 is 2.67 bits per heavy atom. The summed E-state index contributed by atoms with van der Waals surface area (Å²) in [7, 11) is 1.72. The van der Waals surface area contributed by atoms with Crippen molar-refractivity contribution in [3.63, 3.8) is 0 Å². The van der Waals surface area contributed by atoms with Crippen molar-refractivity contribution in [2.75, 3.05) is 7.11 Å². The van der Waals surface area contributed by atoms with Crippen LogP contribution in [0.4, 0.5) is 0 Å². The fourth-order valence-electron chi connectivity index (χ4n) is 2.80. The summed E-state index contributed by atoms with van der Waals surface area (Å²) >= 11 is 3.67. The van der Waals surface area contributed by atoms with Gasteiger partial charge >= 0.3 is 0 Å². The van der Waals surface area contributed by atoms with E-state index in [1.807, 2.05) is 12.1 Å². The highest BCUT2D eigenvalue weighted by atomic mass is 79.9. The Labute approximate surface area is 134 Å². The summed E-state index contributed by atoms with van der Waals surface area (Å²) in [6, 6.07) is 16.7. The number of hydrogen-bond donors (Lipinski definition) is 0. The Morgan fingerprint density at radius 1 is 1.19 bits per heavy atom. The molecule has 0 aliphatic heterocycles. The molecule has 2 atom stereocenters. The molecule has 0 aromatic heterocycles. The molecule has 21 heavy (non-hydrogen) atoms. The Hall–Kier alpha value is -1.54. The van der Waals surface area contributed by atoms with E-state index >= 15 is 0 Å². The predicted molar refractivity (Wildman–Crippen MR) is 91.6 cm³/mol. The molecule has 0 spiro atoms. The van der Waals surface area contributed by atoms with E-state index in [0.717, 1.165) is 5.75 Å². The quantitative estimate of drug-likeness (QED) is 0.695. The van der Waals surface area contributed by atoms with Crippen LogP contribution in [0, 0.1) is 5.41 Å². The first-order valence-electron chi connectivity index (χ1n) is 7.20. The number of ether oxygens (including phenoxy) is 1. The van der Waals surface area contributed by atoms with E-state index in [9.17, 15) is 0 Å². The van der Waals surface area contributed by atoms with Gasteiger partial charge in [0.15, 0.2) is 0 Å². The zero-order valence-corrected chi connectivity index (χ0v) is 13.9. The average molecular weight is 343 g/mol. The summed E-state index contributed by atoms with van der Waals surface area (Å²) in [5.74, 6) is 1.48. The molecule has 0 amide bonds. The number of halogens is 1. The van der Waals surface area contributed by atoms with Crippen molar-refractivity contribution in [2.45, 2.75) is 19.3 Å². The van der Waals surface area contributed by atoms with Gasteiger partial charge in [-0.2, -0.15) is 0 Å². The molecule has 0 N–H and O–H groups in total. The Kier molecular flexibility index (Phi) is 3.90. The molecule has 0 radical (unpaired) electrons. The van der Waals surface area contributed by atoms with Crippen molar-refractivity contribution in [3.8, 4) is 5.75 Å². The van der Waals surface area contributed by atoms with Crippen LogP contribution >= 0.6 is 15.9 Å². The smallest absolute Gasteiger partial charge is 0.119 e. The number of allylic oxidation sites excluding steroid dienone is 1. The average Bonchev–Trinajstić information content (AvgIpc) is 3.19. The SMILES string of the molecule is COc1ccc(Br)c([C@@H]2C[C@]2(C)C=Cc2ccccc2)c1. The molecule has 2 aromatic rings. The first-order chi connectivity index (χ1) is 10.1. The molecule has 1 aliphatic rings. The third-order valence-electron chi connectivity index (χ3n) is 4.31. The van der Waals surface area contributed by atoms with E-state index in [-0.39, 0.29) is 5.41 Å². The maximum atomic E-state index is 5.35. The van der Waals surface area contributed by atoms with Gasteiger partial charge in [0, 0.05) is 4.47 Å². The van der Waals surface area contributed by atoms with Gasteiger partial charge in [0.2, 0.25) is 0 Å². The predicted octanol–water partition coefficient (Wildman–Crippen LogP) is 5.66. The Morgan fingerprint density at radius 2 is 1.95 bits per heavy atom. The standard InChI is InChI=1S/C19H19BrO/c1-19(11-10-14-6-4-3-5-7-14)13-17(19)16-12-15(21-2)8-9-18(16)20/h3-12,17H,13H2,1-2H3/t17-,19-/m0/s1. The normalized spacial score (nSPS) is 24.2. The first-order valence-corrected chi connectivity index (χ1v) is 7.99. The zero-order chi connectivity index (χ0) is 14.9. The molecule has 0 bridgehead atoms. The molecule has 2 aromatic carbocycles. The summed E-state index contributed by atoms with van der Waals surface area (Å²) in [6.07, 6.45) is 5.76. The van der Waals surface area contributed by atoms with Crippen molar-refractivity contribution in [2.24, 2.45) is 5.41 Å². The van der Waals surface area contributed by atoms with E-state index in [0.29, 0.717) is 5.92 Å². The Balaban J connectivity index is 1.80. The lowest BCUT2D eigenvalue weighted by molar-refractivity contribution is 0.414. The minimum absolute atomic E-state index is 0.241. The van der Waals surface area contributed by atoms with Gasteiger partial charge in [-0.15, -0.1) is 0 Å². The van der Waals surface area contributed by atoms with Crippen LogP contribution in [-0.4, -0.2) is 7.11 Å². The second kappa shape index (κ2) is 5.69. The molecule has 0 unspecified atom stereocenters.